The molecule has 1 aliphatic heterocycles. The Morgan fingerprint density at radius 3 is 2.48 bits per heavy atom. The van der Waals surface area contributed by atoms with Crippen LogP contribution in [0.3, 0.4) is 0 Å². The van der Waals surface area contributed by atoms with Crippen molar-refractivity contribution in [2.45, 2.75) is 50.7 Å². The number of benzene rings is 2. The highest BCUT2D eigenvalue weighted by molar-refractivity contribution is 7.98. The van der Waals surface area contributed by atoms with Crippen LogP contribution in [0.4, 0.5) is 0 Å². The number of aliphatic hydroxyl groups is 1. The third-order valence-corrected chi connectivity index (χ3v) is 9.64. The molecule has 4 atom stereocenters. The summed E-state index contributed by atoms with van der Waals surface area (Å²) >= 11 is 8.17. The van der Waals surface area contributed by atoms with E-state index in [0.29, 0.717) is 23.6 Å². The number of carbonyl (C=O) groups excluding carboxylic acids is 3. The molecule has 5 rings (SSSR count). The molecule has 13 nitrogen and oxygen atoms in total. The average Bonchev–Trinajstić information content (AvgIpc) is 3.64. The molecule has 0 bridgehead atoms. The zero-order chi connectivity index (χ0) is 34.9. The SMILES string of the molecule is COc1cc(C(CC(=O)NC(CCSC)c2nc(C)no2)C2=C(O)[C@@]3(Oc4c(Cl)c(OC)cc(OC)c4C3=O)[C@H](C)CC2=O)ccc1O. The Kier molecular flexibility index (Phi) is 10.2. The van der Waals surface area contributed by atoms with Crippen LogP contribution < -0.4 is 24.3 Å². The van der Waals surface area contributed by atoms with E-state index in [4.69, 9.17) is 35.1 Å². The number of halogens is 1. The third-order valence-electron chi connectivity index (χ3n) is 8.64. The van der Waals surface area contributed by atoms with Gasteiger partial charge in [0.2, 0.25) is 23.2 Å². The van der Waals surface area contributed by atoms with Crippen LogP contribution in [-0.2, 0) is 9.59 Å². The smallest absolute Gasteiger partial charge is 0.249 e. The molecule has 15 heteroatoms. The van der Waals surface area contributed by atoms with Gasteiger partial charge in [-0.1, -0.05) is 29.7 Å². The molecule has 256 valence electrons. The minimum absolute atomic E-state index is 0.0104. The molecule has 1 amide bonds. The van der Waals surface area contributed by atoms with Crippen LogP contribution in [-0.4, -0.2) is 76.8 Å². The van der Waals surface area contributed by atoms with E-state index >= 15 is 0 Å². The van der Waals surface area contributed by atoms with Crippen LogP contribution in [0.2, 0.25) is 5.02 Å². The van der Waals surface area contributed by atoms with Gasteiger partial charge in [0.05, 0.1) is 21.3 Å². The molecule has 1 aliphatic carbocycles. The van der Waals surface area contributed by atoms with Crippen molar-refractivity contribution in [3.8, 4) is 28.7 Å². The molecule has 0 radical (unpaired) electrons. The van der Waals surface area contributed by atoms with E-state index in [1.54, 1.807) is 25.6 Å². The van der Waals surface area contributed by atoms with Gasteiger partial charge < -0.3 is 39.0 Å². The van der Waals surface area contributed by atoms with E-state index in [1.165, 1.54) is 45.6 Å². The van der Waals surface area contributed by atoms with Crippen molar-refractivity contribution in [1.29, 1.82) is 0 Å². The van der Waals surface area contributed by atoms with Gasteiger partial charge in [0.25, 0.3) is 0 Å². The van der Waals surface area contributed by atoms with Gasteiger partial charge in [0, 0.05) is 36.3 Å². The second kappa shape index (κ2) is 14.0. The predicted molar refractivity (Wildman–Crippen MR) is 176 cm³/mol. The number of nitrogens with zero attached hydrogens (tertiary/aromatic N) is 2. The van der Waals surface area contributed by atoms with E-state index in [-0.39, 0.29) is 63.6 Å². The Hall–Kier alpha value is -4.43. The molecule has 48 heavy (non-hydrogen) atoms. The number of phenols is 1. The lowest BCUT2D eigenvalue weighted by Crippen LogP contribution is -2.53. The number of allylic oxidation sites excluding steroid dienone is 1. The second-order valence-electron chi connectivity index (χ2n) is 11.5. The Morgan fingerprint density at radius 2 is 1.85 bits per heavy atom. The summed E-state index contributed by atoms with van der Waals surface area (Å²) in [6.45, 7) is 3.28. The fourth-order valence-electron chi connectivity index (χ4n) is 6.22. The number of fused-ring (bicyclic) bond motifs is 1. The molecule has 2 aromatic carbocycles. The largest absolute Gasteiger partial charge is 0.507 e. The Labute approximate surface area is 285 Å². The molecule has 2 aliphatic rings. The van der Waals surface area contributed by atoms with Crippen LogP contribution >= 0.6 is 23.4 Å². The highest BCUT2D eigenvalue weighted by Gasteiger charge is 2.61. The average molecular weight is 702 g/mol. The van der Waals surface area contributed by atoms with Gasteiger partial charge >= 0.3 is 0 Å². The molecule has 2 heterocycles. The van der Waals surface area contributed by atoms with E-state index in [2.05, 4.69) is 15.5 Å². The maximum Gasteiger partial charge on any atom is 0.249 e. The number of aliphatic hydroxyl groups excluding tert-OH is 1. The topological polar surface area (TPSA) is 180 Å². The number of hydrogen-bond acceptors (Lipinski definition) is 13. The van der Waals surface area contributed by atoms with Gasteiger partial charge in [0.15, 0.2) is 34.6 Å². The Balaban J connectivity index is 1.63. The molecular weight excluding hydrogens is 666 g/mol. The first-order valence-corrected chi connectivity index (χ1v) is 16.8. The number of nitrogens with one attached hydrogen (secondary N) is 1. The highest BCUT2D eigenvalue weighted by atomic mass is 35.5. The number of hydrogen-bond donors (Lipinski definition) is 3. The molecule has 1 aromatic heterocycles. The summed E-state index contributed by atoms with van der Waals surface area (Å²) in [6.07, 6.45) is 1.84. The van der Waals surface area contributed by atoms with Gasteiger partial charge in [-0.05, 0) is 43.0 Å². The minimum atomic E-state index is -2.06. The quantitative estimate of drug-likeness (QED) is 0.222. The van der Waals surface area contributed by atoms with Gasteiger partial charge in [0.1, 0.15) is 28.1 Å². The van der Waals surface area contributed by atoms with Crippen molar-refractivity contribution < 1.29 is 48.1 Å². The number of aromatic nitrogens is 2. The van der Waals surface area contributed by atoms with Crippen molar-refractivity contribution in [1.82, 2.24) is 15.5 Å². The van der Waals surface area contributed by atoms with Crippen molar-refractivity contribution in [2.24, 2.45) is 5.92 Å². The summed E-state index contributed by atoms with van der Waals surface area (Å²) in [4.78, 5) is 46.4. The number of carbonyl (C=O) groups is 3. The van der Waals surface area contributed by atoms with E-state index in [0.717, 1.165) is 0 Å². The Morgan fingerprint density at radius 1 is 1.15 bits per heavy atom. The molecule has 0 saturated carbocycles. The molecule has 0 saturated heterocycles. The van der Waals surface area contributed by atoms with E-state index in [1.807, 2.05) is 6.26 Å². The number of aromatic hydroxyl groups is 1. The third kappa shape index (κ3) is 6.02. The fraction of sp³-hybridized carbons (Fsp3) is 0.424. The van der Waals surface area contributed by atoms with Crippen LogP contribution in [0.15, 0.2) is 40.1 Å². The molecule has 3 aromatic rings. The number of phenolic OH excluding ortho intramolecular Hbond substituents is 1. The number of methoxy groups -OCH3 is 3. The van der Waals surface area contributed by atoms with Crippen molar-refractivity contribution >= 4 is 40.8 Å². The summed E-state index contributed by atoms with van der Waals surface area (Å²) in [6, 6.07) is 5.15. The molecular formula is C33H36ClN3O10S. The minimum Gasteiger partial charge on any atom is -0.507 e. The maximum atomic E-state index is 14.3. The number of aryl methyl sites for hydroxylation is 1. The monoisotopic (exact) mass is 701 g/mol. The van der Waals surface area contributed by atoms with E-state index < -0.39 is 46.7 Å². The van der Waals surface area contributed by atoms with Crippen LogP contribution in [0.5, 0.6) is 28.7 Å². The number of amides is 1. The molecule has 0 fully saturated rings. The van der Waals surface area contributed by atoms with Crippen LogP contribution in [0, 0.1) is 12.8 Å². The second-order valence-corrected chi connectivity index (χ2v) is 12.9. The summed E-state index contributed by atoms with van der Waals surface area (Å²) in [5.74, 6) is -2.84. The summed E-state index contributed by atoms with van der Waals surface area (Å²) < 4.78 is 27.8. The number of ketones is 2. The summed E-state index contributed by atoms with van der Waals surface area (Å²) in [7, 11) is 4.12. The number of thioether (sulfide) groups is 1. The summed E-state index contributed by atoms with van der Waals surface area (Å²) in [5.41, 5.74) is -1.92. The fourth-order valence-corrected chi connectivity index (χ4v) is 6.96. The van der Waals surface area contributed by atoms with E-state index in [9.17, 15) is 24.6 Å². The van der Waals surface area contributed by atoms with Gasteiger partial charge in [-0.15, -0.1) is 0 Å². The first kappa shape index (κ1) is 34.9. The van der Waals surface area contributed by atoms with Crippen LogP contribution in [0.1, 0.15) is 65.8 Å². The number of Topliss-reactive ketones (excluding diaryl/α,β-unsaturated/α-hetero) is 2. The zero-order valence-electron chi connectivity index (χ0n) is 27.2. The first-order valence-electron chi connectivity index (χ1n) is 15.0. The Bertz CT molecular complexity index is 1790. The highest BCUT2D eigenvalue weighted by Crippen LogP contribution is 2.56. The zero-order valence-corrected chi connectivity index (χ0v) is 28.8. The first-order chi connectivity index (χ1) is 22.9. The van der Waals surface area contributed by atoms with Crippen molar-refractivity contribution in [3.05, 3.63) is 63.5 Å². The number of ether oxygens (including phenoxy) is 4. The molecule has 2 unspecified atom stereocenters. The lowest BCUT2D eigenvalue weighted by atomic mass is 9.69. The normalized spacial score (nSPS) is 19.9. The lowest BCUT2D eigenvalue weighted by molar-refractivity contribution is -0.122. The van der Waals surface area contributed by atoms with Gasteiger partial charge in [-0.25, -0.2) is 0 Å². The van der Waals surface area contributed by atoms with Gasteiger partial charge in [-0.2, -0.15) is 16.7 Å². The van der Waals surface area contributed by atoms with Crippen molar-refractivity contribution in [2.75, 3.05) is 33.3 Å². The number of rotatable bonds is 12. The lowest BCUT2D eigenvalue weighted by Gasteiger charge is -2.38. The van der Waals surface area contributed by atoms with Crippen LogP contribution in [0.25, 0.3) is 0 Å². The predicted octanol–water partition coefficient (Wildman–Crippen LogP) is 5.28. The maximum absolute atomic E-state index is 14.3. The standard InChI is InChI=1S/C33H36ClN3O10S/c1-15-11-21(39)26(30(41)33(15)31(42)27-23(44-4)14-24(45-5)28(34)29(27)46-33)18(17-7-8-20(38)22(12-17)43-3)13-25(40)36-19(9-10-48-6)32-35-16(2)37-47-32/h7-8,12,14-15,18-19,38,41H,9-11,13H2,1-6H3,(H,36,40)/t15-,18?,19?,33+/m1/s1. The van der Waals surface area contributed by atoms with Gasteiger partial charge in [-0.3, -0.25) is 14.4 Å². The van der Waals surface area contributed by atoms with Crippen molar-refractivity contribution in [3.63, 3.8) is 0 Å². The molecule has 1 spiro atoms. The molecule has 3 N–H and O–H groups in total. The summed E-state index contributed by atoms with van der Waals surface area (Å²) in [5, 5.41) is 29.2.